The highest BCUT2D eigenvalue weighted by Gasteiger charge is 2.42. The summed E-state index contributed by atoms with van der Waals surface area (Å²) in [7, 11) is 2.89. The molecule has 3 atom stereocenters. The van der Waals surface area contributed by atoms with Crippen LogP contribution in [0.3, 0.4) is 0 Å². The molecule has 184 valence electrons. The summed E-state index contributed by atoms with van der Waals surface area (Å²) in [6.07, 6.45) is 0.501. The third-order valence-electron chi connectivity index (χ3n) is 6.80. The molecule has 1 saturated heterocycles. The Morgan fingerprint density at radius 2 is 1.97 bits per heavy atom. The van der Waals surface area contributed by atoms with E-state index in [0.29, 0.717) is 5.56 Å². The van der Waals surface area contributed by atoms with E-state index in [-0.39, 0.29) is 36.6 Å². The number of H-pyrrole nitrogens is 1. The molecule has 1 aromatic carbocycles. The van der Waals surface area contributed by atoms with E-state index in [1.54, 1.807) is 25.1 Å². The number of β-amino-alcohol motifs (C(OH)–C–C–N with tert-alkyl or cyclic N) is 2. The molecule has 4 aromatic rings. The van der Waals surface area contributed by atoms with E-state index in [4.69, 9.17) is 0 Å². The van der Waals surface area contributed by atoms with Gasteiger partial charge in [-0.05, 0) is 38.5 Å². The summed E-state index contributed by atoms with van der Waals surface area (Å²) in [5.74, 6) is 0.393. The molecule has 0 aliphatic carbocycles. The number of nitrogens with zero attached hydrogens (tertiary/aromatic N) is 6. The first-order valence-electron chi connectivity index (χ1n) is 11.3. The number of aromatic nitrogens is 6. The Kier molecular flexibility index (Phi) is 5.18. The van der Waals surface area contributed by atoms with Crippen LogP contribution in [0.15, 0.2) is 34.1 Å². The molecule has 0 bridgehead atoms. The van der Waals surface area contributed by atoms with Crippen LogP contribution in [0.1, 0.15) is 35.6 Å². The van der Waals surface area contributed by atoms with E-state index in [2.05, 4.69) is 15.0 Å². The topological polar surface area (TPSA) is 151 Å². The van der Waals surface area contributed by atoms with Crippen LogP contribution in [0.2, 0.25) is 0 Å². The van der Waals surface area contributed by atoms with Crippen LogP contribution in [0, 0.1) is 6.92 Å². The smallest absolute Gasteiger partial charge is 0.332 e. The standard InChI is InChI=1S/C23H27N7O5/c1-12-25-15-6-5-13(7-16(15)26-12)20(32)29-9-14(31)8-17(23(2,35)10-29)30-11-24-19-18(30)21(33)28(4)22(34)27(19)3/h5-7,11,14,17,31,35H,8-10H2,1-4H3,(H,25,26)/t14-,17-,23-/m1/s1. The summed E-state index contributed by atoms with van der Waals surface area (Å²) < 4.78 is 3.75. The molecule has 12 heteroatoms. The number of hydrogen-bond acceptors (Lipinski definition) is 7. The van der Waals surface area contributed by atoms with E-state index >= 15 is 0 Å². The number of aliphatic hydroxyl groups is 2. The summed E-state index contributed by atoms with van der Waals surface area (Å²) in [4.78, 5) is 51.7. The third kappa shape index (κ3) is 3.65. The number of aromatic amines is 1. The second-order valence-electron chi connectivity index (χ2n) is 9.53. The van der Waals surface area contributed by atoms with Crippen molar-refractivity contribution in [2.45, 2.75) is 38.0 Å². The van der Waals surface area contributed by atoms with Crippen LogP contribution in [-0.4, -0.2) is 74.5 Å². The van der Waals surface area contributed by atoms with Crippen molar-refractivity contribution in [2.75, 3.05) is 13.1 Å². The van der Waals surface area contributed by atoms with Gasteiger partial charge in [0.2, 0.25) is 0 Å². The van der Waals surface area contributed by atoms with Crippen molar-refractivity contribution in [3.63, 3.8) is 0 Å². The molecule has 0 radical (unpaired) electrons. The number of carbonyl (C=O) groups excluding carboxylic acids is 1. The number of carbonyl (C=O) groups is 1. The first kappa shape index (κ1) is 23.0. The predicted molar refractivity (Wildman–Crippen MR) is 127 cm³/mol. The molecule has 12 nitrogen and oxygen atoms in total. The monoisotopic (exact) mass is 481 g/mol. The van der Waals surface area contributed by atoms with E-state index in [1.807, 2.05) is 6.92 Å². The van der Waals surface area contributed by atoms with Gasteiger partial charge in [-0.3, -0.25) is 18.7 Å². The van der Waals surface area contributed by atoms with Crippen molar-refractivity contribution < 1.29 is 15.0 Å². The average molecular weight is 482 g/mol. The van der Waals surface area contributed by atoms with Gasteiger partial charge >= 0.3 is 5.69 Å². The van der Waals surface area contributed by atoms with Crippen molar-refractivity contribution in [3.8, 4) is 0 Å². The molecule has 1 aliphatic heterocycles. The second-order valence-corrected chi connectivity index (χ2v) is 9.53. The molecular weight excluding hydrogens is 454 g/mol. The Labute approximate surface area is 199 Å². The van der Waals surface area contributed by atoms with Gasteiger partial charge in [0, 0.05) is 26.2 Å². The zero-order valence-electron chi connectivity index (χ0n) is 19.9. The van der Waals surface area contributed by atoms with Crippen LogP contribution in [0.5, 0.6) is 0 Å². The molecule has 1 fully saturated rings. The molecule has 0 spiro atoms. The molecule has 1 amide bonds. The average Bonchev–Trinajstić information content (AvgIpc) is 3.37. The first-order chi connectivity index (χ1) is 16.5. The number of aryl methyl sites for hydroxylation is 2. The molecule has 3 aromatic heterocycles. The van der Waals surface area contributed by atoms with E-state index in [0.717, 1.165) is 21.4 Å². The van der Waals surface area contributed by atoms with Gasteiger partial charge in [0.1, 0.15) is 11.4 Å². The number of fused-ring (bicyclic) bond motifs is 2. The largest absolute Gasteiger partial charge is 0.391 e. The van der Waals surface area contributed by atoms with Gasteiger partial charge in [-0.1, -0.05) is 0 Å². The van der Waals surface area contributed by atoms with Gasteiger partial charge in [-0.2, -0.15) is 0 Å². The Morgan fingerprint density at radius 3 is 2.71 bits per heavy atom. The van der Waals surface area contributed by atoms with Crippen LogP contribution in [0.4, 0.5) is 0 Å². The Morgan fingerprint density at radius 1 is 1.23 bits per heavy atom. The summed E-state index contributed by atoms with van der Waals surface area (Å²) in [5.41, 5.74) is -0.387. The zero-order chi connectivity index (χ0) is 25.2. The molecule has 5 rings (SSSR count). The van der Waals surface area contributed by atoms with Crippen LogP contribution in [0.25, 0.3) is 22.2 Å². The molecule has 0 saturated carbocycles. The molecule has 4 heterocycles. The number of benzene rings is 1. The van der Waals surface area contributed by atoms with Crippen molar-refractivity contribution in [1.29, 1.82) is 0 Å². The molecule has 35 heavy (non-hydrogen) atoms. The number of aliphatic hydroxyl groups excluding tert-OH is 1. The van der Waals surface area contributed by atoms with E-state index < -0.39 is 29.0 Å². The number of nitrogens with one attached hydrogen (secondary N) is 1. The number of amides is 1. The fourth-order valence-corrected chi connectivity index (χ4v) is 5.02. The van der Waals surface area contributed by atoms with Crippen molar-refractivity contribution >= 4 is 28.1 Å². The maximum atomic E-state index is 13.4. The van der Waals surface area contributed by atoms with Gasteiger partial charge in [0.15, 0.2) is 11.2 Å². The highest BCUT2D eigenvalue weighted by molar-refractivity contribution is 5.97. The Hall–Kier alpha value is -3.77. The van der Waals surface area contributed by atoms with Crippen molar-refractivity contribution in [1.82, 2.24) is 33.6 Å². The number of imidazole rings is 2. The number of rotatable bonds is 2. The van der Waals surface area contributed by atoms with Crippen LogP contribution >= 0.6 is 0 Å². The van der Waals surface area contributed by atoms with Gasteiger partial charge in [-0.25, -0.2) is 14.8 Å². The summed E-state index contributed by atoms with van der Waals surface area (Å²) >= 11 is 0. The lowest BCUT2D eigenvalue weighted by atomic mass is 9.92. The second kappa shape index (κ2) is 7.89. The SMILES string of the molecule is Cc1nc2ccc(C(=O)N3C[C@H](O)C[C@@H](n4cnc5c4c(=O)n(C)c(=O)n5C)[C@](C)(O)C3)cc2[nH]1. The van der Waals surface area contributed by atoms with Crippen LogP contribution < -0.4 is 11.2 Å². The molecule has 1 aliphatic rings. The quantitative estimate of drug-likeness (QED) is 0.359. The zero-order valence-corrected chi connectivity index (χ0v) is 19.9. The Bertz CT molecular complexity index is 1590. The maximum Gasteiger partial charge on any atom is 0.332 e. The fourth-order valence-electron chi connectivity index (χ4n) is 5.02. The molecular formula is C23H27N7O5. The summed E-state index contributed by atoms with van der Waals surface area (Å²) in [5, 5.41) is 22.4. The minimum Gasteiger partial charge on any atom is -0.391 e. The Balaban J connectivity index is 1.53. The van der Waals surface area contributed by atoms with Gasteiger partial charge in [-0.15, -0.1) is 0 Å². The van der Waals surface area contributed by atoms with Crippen molar-refractivity contribution in [2.24, 2.45) is 14.1 Å². The van der Waals surface area contributed by atoms with Gasteiger partial charge in [0.25, 0.3) is 11.5 Å². The fraction of sp³-hybridized carbons (Fsp3) is 0.435. The predicted octanol–water partition coefficient (Wildman–Crippen LogP) is -0.182. The highest BCUT2D eigenvalue weighted by Crippen LogP contribution is 2.34. The molecule has 3 N–H and O–H groups in total. The maximum absolute atomic E-state index is 13.4. The summed E-state index contributed by atoms with van der Waals surface area (Å²) in [6.45, 7) is 3.32. The lowest BCUT2D eigenvalue weighted by molar-refractivity contribution is -0.0121. The molecule has 0 unspecified atom stereocenters. The van der Waals surface area contributed by atoms with E-state index in [9.17, 15) is 24.6 Å². The normalized spacial score (nSPS) is 23.2. The van der Waals surface area contributed by atoms with Gasteiger partial charge < -0.3 is 24.7 Å². The lowest BCUT2D eigenvalue weighted by Gasteiger charge is -2.34. The van der Waals surface area contributed by atoms with Gasteiger partial charge in [0.05, 0.1) is 36.1 Å². The number of hydrogen-bond donors (Lipinski definition) is 3. The first-order valence-corrected chi connectivity index (χ1v) is 11.3. The number of likely N-dealkylation sites (tertiary alicyclic amines) is 1. The highest BCUT2D eigenvalue weighted by atomic mass is 16.3. The van der Waals surface area contributed by atoms with Crippen LogP contribution in [-0.2, 0) is 14.1 Å². The minimum absolute atomic E-state index is 0.00858. The lowest BCUT2D eigenvalue weighted by Crippen LogP contribution is -2.47. The van der Waals surface area contributed by atoms with E-state index in [1.165, 1.54) is 34.5 Å². The third-order valence-corrected chi connectivity index (χ3v) is 6.80. The minimum atomic E-state index is -1.52. The van der Waals surface area contributed by atoms with Crippen molar-refractivity contribution in [3.05, 3.63) is 56.8 Å². The summed E-state index contributed by atoms with van der Waals surface area (Å²) in [6, 6.07) is 4.35.